The van der Waals surface area contributed by atoms with E-state index in [0.29, 0.717) is 6.54 Å². The number of aryl methyl sites for hydroxylation is 1. The molecule has 0 heterocycles. The second-order valence-electron chi connectivity index (χ2n) is 5.19. The fourth-order valence-corrected chi connectivity index (χ4v) is 3.63. The molecule has 0 spiro atoms. The van der Waals surface area contributed by atoms with Crippen LogP contribution in [0.15, 0.2) is 59.5 Å². The number of sulfonamides is 1. The molecule has 2 rings (SSSR count). The van der Waals surface area contributed by atoms with Crippen molar-refractivity contribution in [3.63, 3.8) is 0 Å². The number of halogens is 1. The molecular formula is C17H19ClN2O3S. The minimum Gasteiger partial charge on any atom is -0.355 e. The van der Waals surface area contributed by atoms with Crippen LogP contribution in [0.5, 0.6) is 0 Å². The van der Waals surface area contributed by atoms with Crippen molar-refractivity contribution in [2.24, 2.45) is 0 Å². The summed E-state index contributed by atoms with van der Waals surface area (Å²) in [5.41, 5.74) is 1.20. The van der Waals surface area contributed by atoms with Crippen molar-refractivity contribution in [1.82, 2.24) is 10.0 Å². The highest BCUT2D eigenvalue weighted by Gasteiger charge is 2.18. The molecule has 0 aliphatic carbocycles. The second-order valence-corrected chi connectivity index (χ2v) is 7.34. The highest BCUT2D eigenvalue weighted by molar-refractivity contribution is 7.89. The molecule has 1 amide bonds. The van der Waals surface area contributed by atoms with Crippen LogP contribution >= 0.6 is 11.6 Å². The first-order chi connectivity index (χ1) is 11.5. The van der Waals surface area contributed by atoms with E-state index in [0.717, 1.165) is 12.8 Å². The molecule has 0 saturated carbocycles. The van der Waals surface area contributed by atoms with Crippen molar-refractivity contribution in [2.45, 2.75) is 17.7 Å². The van der Waals surface area contributed by atoms with Crippen LogP contribution in [-0.4, -0.2) is 27.4 Å². The van der Waals surface area contributed by atoms with Crippen molar-refractivity contribution in [2.75, 3.05) is 13.1 Å². The van der Waals surface area contributed by atoms with Crippen LogP contribution in [0.2, 0.25) is 5.02 Å². The van der Waals surface area contributed by atoms with Gasteiger partial charge in [0.2, 0.25) is 15.9 Å². The molecule has 0 atom stereocenters. The Morgan fingerprint density at radius 1 is 1.00 bits per heavy atom. The lowest BCUT2D eigenvalue weighted by Crippen LogP contribution is -2.37. The third kappa shape index (κ3) is 5.63. The zero-order valence-corrected chi connectivity index (χ0v) is 14.6. The molecule has 0 unspecified atom stereocenters. The largest absolute Gasteiger partial charge is 0.355 e. The molecule has 128 valence electrons. The van der Waals surface area contributed by atoms with Gasteiger partial charge < -0.3 is 5.32 Å². The summed E-state index contributed by atoms with van der Waals surface area (Å²) in [5.74, 6) is -0.376. The van der Waals surface area contributed by atoms with Gasteiger partial charge >= 0.3 is 0 Å². The summed E-state index contributed by atoms with van der Waals surface area (Å²) in [6.45, 7) is 0.167. The Kier molecular flexibility index (Phi) is 6.78. The van der Waals surface area contributed by atoms with Crippen LogP contribution in [0.4, 0.5) is 0 Å². The summed E-state index contributed by atoms with van der Waals surface area (Å²) in [5, 5.41) is 2.81. The maximum atomic E-state index is 12.1. The average molecular weight is 367 g/mol. The molecule has 0 aliphatic heterocycles. The minimum absolute atomic E-state index is 0.0384. The van der Waals surface area contributed by atoms with Gasteiger partial charge in [-0.2, -0.15) is 0 Å². The number of nitrogens with one attached hydrogen (secondary N) is 2. The molecule has 0 aliphatic rings. The fourth-order valence-electron chi connectivity index (χ4n) is 2.13. The molecule has 2 aromatic carbocycles. The van der Waals surface area contributed by atoms with Gasteiger partial charge in [0.25, 0.3) is 0 Å². The molecule has 7 heteroatoms. The molecular weight excluding hydrogens is 348 g/mol. The van der Waals surface area contributed by atoms with E-state index in [4.69, 9.17) is 11.6 Å². The van der Waals surface area contributed by atoms with Crippen molar-refractivity contribution >= 4 is 27.5 Å². The summed E-state index contributed by atoms with van der Waals surface area (Å²) >= 11 is 5.86. The van der Waals surface area contributed by atoms with Crippen molar-refractivity contribution in [3.05, 3.63) is 65.2 Å². The average Bonchev–Trinajstić information content (AvgIpc) is 2.58. The molecule has 24 heavy (non-hydrogen) atoms. The summed E-state index contributed by atoms with van der Waals surface area (Å²) < 4.78 is 26.4. The number of carbonyl (C=O) groups excluding carboxylic acids is 1. The van der Waals surface area contributed by atoms with Crippen LogP contribution in [0.3, 0.4) is 0 Å². The highest BCUT2D eigenvalue weighted by Crippen LogP contribution is 2.19. The van der Waals surface area contributed by atoms with Gasteiger partial charge in [0.05, 0.1) is 11.6 Å². The van der Waals surface area contributed by atoms with Crippen molar-refractivity contribution in [1.29, 1.82) is 0 Å². The van der Waals surface area contributed by atoms with Gasteiger partial charge in [-0.25, -0.2) is 13.1 Å². The molecule has 0 fully saturated rings. The van der Waals surface area contributed by atoms with Gasteiger partial charge in [-0.05, 0) is 30.5 Å². The van der Waals surface area contributed by atoms with E-state index in [1.807, 2.05) is 30.3 Å². The van der Waals surface area contributed by atoms with Gasteiger partial charge in [-0.15, -0.1) is 0 Å². The van der Waals surface area contributed by atoms with E-state index < -0.39 is 10.0 Å². The Hall–Kier alpha value is -1.89. The highest BCUT2D eigenvalue weighted by atomic mass is 35.5. The Labute approximate surface area is 147 Å². The Balaban J connectivity index is 1.74. The lowest BCUT2D eigenvalue weighted by Gasteiger charge is -2.09. The third-order valence-corrected chi connectivity index (χ3v) is 5.26. The van der Waals surface area contributed by atoms with Crippen LogP contribution in [-0.2, 0) is 21.2 Å². The normalized spacial score (nSPS) is 11.2. The SMILES string of the molecule is O=C(CNS(=O)(=O)c1ccccc1Cl)NCCCc1ccccc1. The van der Waals surface area contributed by atoms with Gasteiger partial charge in [-0.1, -0.05) is 54.1 Å². The van der Waals surface area contributed by atoms with Crippen LogP contribution in [0.25, 0.3) is 0 Å². The predicted octanol–water partition coefficient (Wildman–Crippen LogP) is 2.37. The molecule has 0 saturated heterocycles. The summed E-state index contributed by atoms with van der Waals surface area (Å²) in [4.78, 5) is 11.7. The van der Waals surface area contributed by atoms with Crippen LogP contribution < -0.4 is 10.0 Å². The first-order valence-corrected chi connectivity index (χ1v) is 9.40. The predicted molar refractivity (Wildman–Crippen MR) is 94.4 cm³/mol. The number of rotatable bonds is 8. The van der Waals surface area contributed by atoms with E-state index in [2.05, 4.69) is 10.0 Å². The smallest absolute Gasteiger partial charge is 0.242 e. The molecule has 0 bridgehead atoms. The zero-order chi connectivity index (χ0) is 17.4. The van der Waals surface area contributed by atoms with Crippen molar-refractivity contribution < 1.29 is 13.2 Å². The summed E-state index contributed by atoms with van der Waals surface area (Å²) in [6, 6.07) is 16.0. The van der Waals surface area contributed by atoms with E-state index in [1.165, 1.54) is 17.7 Å². The van der Waals surface area contributed by atoms with E-state index in [9.17, 15) is 13.2 Å². The van der Waals surface area contributed by atoms with Gasteiger partial charge in [0.1, 0.15) is 4.90 Å². The van der Waals surface area contributed by atoms with Crippen molar-refractivity contribution in [3.8, 4) is 0 Å². The minimum atomic E-state index is -3.80. The standard InChI is InChI=1S/C17H19ClN2O3S/c18-15-10-4-5-11-16(15)24(22,23)20-13-17(21)19-12-6-9-14-7-2-1-3-8-14/h1-5,7-8,10-11,20H,6,9,12-13H2,(H,19,21). The van der Waals surface area contributed by atoms with Gasteiger partial charge in [0.15, 0.2) is 0 Å². The lowest BCUT2D eigenvalue weighted by atomic mass is 10.1. The summed E-state index contributed by atoms with van der Waals surface area (Å²) in [7, 11) is -3.80. The van der Waals surface area contributed by atoms with Crippen LogP contribution in [0, 0.1) is 0 Å². The van der Waals surface area contributed by atoms with Gasteiger partial charge in [0, 0.05) is 6.54 Å². The number of hydrogen-bond donors (Lipinski definition) is 2. The topological polar surface area (TPSA) is 75.3 Å². The quantitative estimate of drug-likeness (QED) is 0.704. The zero-order valence-electron chi connectivity index (χ0n) is 13.0. The monoisotopic (exact) mass is 366 g/mol. The first kappa shape index (κ1) is 18.4. The molecule has 5 nitrogen and oxygen atoms in total. The fraction of sp³-hybridized carbons (Fsp3) is 0.235. The van der Waals surface area contributed by atoms with Gasteiger partial charge in [-0.3, -0.25) is 4.79 Å². The molecule has 2 aromatic rings. The lowest BCUT2D eigenvalue weighted by molar-refractivity contribution is -0.119. The van der Waals surface area contributed by atoms with E-state index >= 15 is 0 Å². The Morgan fingerprint density at radius 3 is 2.38 bits per heavy atom. The third-order valence-electron chi connectivity index (χ3n) is 3.36. The number of hydrogen-bond acceptors (Lipinski definition) is 3. The maximum absolute atomic E-state index is 12.1. The Morgan fingerprint density at radius 2 is 1.67 bits per heavy atom. The number of carbonyl (C=O) groups is 1. The first-order valence-electron chi connectivity index (χ1n) is 7.54. The number of benzene rings is 2. The van der Waals surface area contributed by atoms with Crippen LogP contribution in [0.1, 0.15) is 12.0 Å². The maximum Gasteiger partial charge on any atom is 0.242 e. The molecule has 0 radical (unpaired) electrons. The van der Waals surface area contributed by atoms with E-state index in [1.54, 1.807) is 12.1 Å². The van der Waals surface area contributed by atoms with E-state index in [-0.39, 0.29) is 22.4 Å². The number of amides is 1. The molecule has 2 N–H and O–H groups in total. The Bertz CT molecular complexity index is 779. The second kappa shape index (κ2) is 8.82. The molecule has 0 aromatic heterocycles. The summed E-state index contributed by atoms with van der Waals surface area (Å²) in [6.07, 6.45) is 1.64.